The van der Waals surface area contributed by atoms with Crippen molar-refractivity contribution in [3.05, 3.63) is 192 Å². The molecule has 0 bridgehead atoms. The number of para-hydroxylation sites is 6. The molecule has 0 saturated heterocycles. The van der Waals surface area contributed by atoms with Crippen LogP contribution in [0.3, 0.4) is 0 Å². The van der Waals surface area contributed by atoms with Gasteiger partial charge in [-0.15, -0.1) is 0 Å². The Bertz CT molecular complexity index is 3580. The highest BCUT2D eigenvalue weighted by Crippen LogP contribution is 2.44. The molecule has 0 aliphatic rings. The van der Waals surface area contributed by atoms with Crippen molar-refractivity contribution in [1.82, 2.24) is 13.7 Å². The minimum absolute atomic E-state index is 0.502. The first-order valence-corrected chi connectivity index (χ1v) is 18.7. The Morgan fingerprint density at radius 1 is 0.456 bits per heavy atom. The maximum absolute atomic E-state index is 10.9. The van der Waals surface area contributed by atoms with Crippen LogP contribution in [0.25, 0.3) is 98.5 Å². The molecule has 0 fully saturated rings. The number of benzene rings is 8. The molecule has 0 radical (unpaired) electrons. The molecule has 0 atom stereocenters. The number of fused-ring (bicyclic) bond motifs is 9. The van der Waals surface area contributed by atoms with Crippen molar-refractivity contribution in [2.45, 2.75) is 0 Å². The van der Waals surface area contributed by atoms with Gasteiger partial charge < -0.3 is 13.7 Å². The van der Waals surface area contributed by atoms with Crippen molar-refractivity contribution >= 4 is 71.1 Å². The van der Waals surface area contributed by atoms with E-state index in [0.717, 1.165) is 93.6 Å². The molecule has 0 amide bonds. The second kappa shape index (κ2) is 12.3. The van der Waals surface area contributed by atoms with Crippen LogP contribution in [0.15, 0.2) is 170 Å². The van der Waals surface area contributed by atoms with Crippen LogP contribution in [-0.2, 0) is 0 Å². The topological polar surface area (TPSA) is 66.7 Å². The number of aromatic nitrogens is 3. The fourth-order valence-electron chi connectivity index (χ4n) is 8.97. The van der Waals surface area contributed by atoms with Gasteiger partial charge in [0, 0.05) is 43.6 Å². The third-order valence-electron chi connectivity index (χ3n) is 11.3. The summed E-state index contributed by atoms with van der Waals surface area (Å²) in [4.78, 5) is 3.98. The molecule has 0 aliphatic heterocycles. The van der Waals surface area contributed by atoms with Crippen molar-refractivity contribution in [2.75, 3.05) is 0 Å². The van der Waals surface area contributed by atoms with Crippen molar-refractivity contribution in [3.8, 4) is 40.3 Å². The Morgan fingerprint density at radius 3 is 1.67 bits per heavy atom. The van der Waals surface area contributed by atoms with E-state index in [-0.39, 0.29) is 0 Å². The second-order valence-electron chi connectivity index (χ2n) is 14.3. The Hall–Kier alpha value is -8.37. The van der Waals surface area contributed by atoms with Crippen LogP contribution < -0.4 is 0 Å². The SMILES string of the molecule is [C-]#[N+]c1cc(-c2cccc(C#N)c2-n2c3ccccc3c3cccc(-n4c5ccccc5c5cc(C#N)ccc54)c32)cc(-n2c3ccccc3c3ccccc32)c1. The fourth-order valence-corrected chi connectivity index (χ4v) is 8.97. The van der Waals surface area contributed by atoms with Crippen LogP contribution >= 0.6 is 0 Å². The van der Waals surface area contributed by atoms with Gasteiger partial charge in [-0.05, 0) is 78.4 Å². The van der Waals surface area contributed by atoms with E-state index < -0.39 is 0 Å². The predicted molar refractivity (Wildman–Crippen MR) is 231 cm³/mol. The molecule has 0 spiro atoms. The van der Waals surface area contributed by atoms with Gasteiger partial charge >= 0.3 is 0 Å². The summed E-state index contributed by atoms with van der Waals surface area (Å²) in [5.74, 6) is 0. The molecular formula is C51H28N6. The van der Waals surface area contributed by atoms with Crippen molar-refractivity contribution < 1.29 is 0 Å². The smallest absolute Gasteiger partial charge is 0.189 e. The van der Waals surface area contributed by atoms with E-state index in [1.54, 1.807) is 0 Å². The van der Waals surface area contributed by atoms with E-state index in [1.807, 2.05) is 72.8 Å². The zero-order chi connectivity index (χ0) is 38.2. The molecule has 11 aromatic rings. The van der Waals surface area contributed by atoms with Gasteiger partial charge in [-0.25, -0.2) is 4.85 Å². The Kier molecular flexibility index (Phi) is 6.95. The Morgan fingerprint density at radius 2 is 1.02 bits per heavy atom. The first kappa shape index (κ1) is 32.1. The van der Waals surface area contributed by atoms with Gasteiger partial charge in [0.2, 0.25) is 0 Å². The second-order valence-corrected chi connectivity index (χ2v) is 14.3. The molecule has 0 unspecified atom stereocenters. The highest BCUT2D eigenvalue weighted by molar-refractivity contribution is 6.16. The lowest BCUT2D eigenvalue weighted by Crippen LogP contribution is -2.04. The molecule has 3 heterocycles. The lowest BCUT2D eigenvalue weighted by molar-refractivity contribution is 1.12. The zero-order valence-electron chi connectivity index (χ0n) is 30.3. The predicted octanol–water partition coefficient (Wildman–Crippen LogP) is 12.9. The van der Waals surface area contributed by atoms with Crippen molar-refractivity contribution in [3.63, 3.8) is 0 Å². The summed E-state index contributed by atoms with van der Waals surface area (Å²) in [6, 6.07) is 62.3. The average Bonchev–Trinajstić information content (AvgIpc) is 3.91. The Balaban J connectivity index is 1.25. The Labute approximate surface area is 326 Å². The number of hydrogen-bond donors (Lipinski definition) is 0. The normalized spacial score (nSPS) is 11.5. The number of hydrogen-bond acceptors (Lipinski definition) is 2. The largest absolute Gasteiger partial charge is 0.310 e. The number of nitriles is 2. The molecule has 3 aromatic heterocycles. The first-order valence-electron chi connectivity index (χ1n) is 18.7. The van der Waals surface area contributed by atoms with Gasteiger partial charge in [0.05, 0.1) is 68.2 Å². The van der Waals surface area contributed by atoms with Gasteiger partial charge in [-0.2, -0.15) is 10.5 Å². The third kappa shape index (κ3) is 4.61. The summed E-state index contributed by atoms with van der Waals surface area (Å²) in [5, 5.41) is 27.2. The standard InChI is InChI=1S/C51H28N6/c1-54-35-27-34(28-36(29-35)55-44-19-6-2-13-38(44)39-14-3-7-20-45(39)55)37-17-10-12-33(31-53)50(37)57-47-22-9-4-15-40(47)42-18-11-23-49(51(42)57)56-46-21-8-5-16-41(46)43-26-32(30-52)24-25-48(43)56/h2-29H. The summed E-state index contributed by atoms with van der Waals surface area (Å²) in [7, 11) is 0. The lowest BCUT2D eigenvalue weighted by atomic mass is 9.98. The van der Waals surface area contributed by atoms with Gasteiger partial charge in [0.25, 0.3) is 0 Å². The fraction of sp³-hybridized carbons (Fsp3) is 0. The van der Waals surface area contributed by atoms with E-state index >= 15 is 0 Å². The van der Waals surface area contributed by atoms with Gasteiger partial charge in [0.15, 0.2) is 5.69 Å². The molecule has 0 N–H and O–H groups in total. The van der Waals surface area contributed by atoms with Crippen molar-refractivity contribution in [1.29, 1.82) is 10.5 Å². The van der Waals surface area contributed by atoms with Crippen LogP contribution in [0.4, 0.5) is 5.69 Å². The molecule has 0 saturated carbocycles. The van der Waals surface area contributed by atoms with E-state index in [2.05, 4.69) is 128 Å². The molecule has 57 heavy (non-hydrogen) atoms. The van der Waals surface area contributed by atoms with Crippen LogP contribution in [0.2, 0.25) is 0 Å². The summed E-state index contributed by atoms with van der Waals surface area (Å²) >= 11 is 0. The average molecular weight is 725 g/mol. The van der Waals surface area contributed by atoms with Crippen LogP contribution in [0.5, 0.6) is 0 Å². The van der Waals surface area contributed by atoms with E-state index in [4.69, 9.17) is 6.57 Å². The quantitative estimate of drug-likeness (QED) is 0.170. The van der Waals surface area contributed by atoms with Gasteiger partial charge in [0.1, 0.15) is 6.07 Å². The minimum atomic E-state index is 0.502. The minimum Gasteiger partial charge on any atom is -0.310 e. The molecule has 262 valence electrons. The summed E-state index contributed by atoms with van der Waals surface area (Å²) in [6.07, 6.45) is 0. The van der Waals surface area contributed by atoms with Crippen LogP contribution in [0, 0.1) is 29.2 Å². The maximum Gasteiger partial charge on any atom is 0.189 e. The molecule has 0 aliphatic carbocycles. The van der Waals surface area contributed by atoms with Gasteiger partial charge in [-0.1, -0.05) is 97.1 Å². The third-order valence-corrected chi connectivity index (χ3v) is 11.3. The molecular weight excluding hydrogens is 697 g/mol. The van der Waals surface area contributed by atoms with E-state index in [9.17, 15) is 10.5 Å². The summed E-state index contributed by atoms with van der Waals surface area (Å²) < 4.78 is 6.75. The zero-order valence-corrected chi connectivity index (χ0v) is 30.3. The number of rotatable bonds is 4. The molecule has 8 aromatic carbocycles. The van der Waals surface area contributed by atoms with Crippen molar-refractivity contribution in [2.24, 2.45) is 0 Å². The summed E-state index contributed by atoms with van der Waals surface area (Å²) in [5.41, 5.74) is 11.8. The van der Waals surface area contributed by atoms with E-state index in [1.165, 1.54) is 0 Å². The van der Waals surface area contributed by atoms with Crippen LogP contribution in [-0.4, -0.2) is 13.7 Å². The maximum atomic E-state index is 10.9. The molecule has 6 heteroatoms. The summed E-state index contributed by atoms with van der Waals surface area (Å²) in [6.45, 7) is 8.24. The highest BCUT2D eigenvalue weighted by Gasteiger charge is 2.24. The van der Waals surface area contributed by atoms with Gasteiger partial charge in [-0.3, -0.25) is 0 Å². The van der Waals surface area contributed by atoms with Crippen LogP contribution in [0.1, 0.15) is 11.1 Å². The molecule has 11 rings (SSSR count). The monoisotopic (exact) mass is 724 g/mol. The first-order chi connectivity index (χ1) is 28.2. The van der Waals surface area contributed by atoms with E-state index in [0.29, 0.717) is 16.8 Å². The number of nitrogens with zero attached hydrogens (tertiary/aromatic N) is 6. The lowest BCUT2D eigenvalue weighted by Gasteiger charge is -2.19. The molecule has 6 nitrogen and oxygen atoms in total. The highest BCUT2D eigenvalue weighted by atomic mass is 15.1.